The third-order valence-electron chi connectivity index (χ3n) is 2.66. The number of nitrogens with one attached hydrogen (secondary N) is 1. The van der Waals surface area contributed by atoms with Gasteiger partial charge in [-0.25, -0.2) is 0 Å². The van der Waals surface area contributed by atoms with Gasteiger partial charge in [0.1, 0.15) is 5.76 Å². The Morgan fingerprint density at radius 2 is 2.32 bits per heavy atom. The van der Waals surface area contributed by atoms with Gasteiger partial charge in [0, 0.05) is 6.07 Å². The third kappa shape index (κ3) is 3.37. The molecular formula is C13H12N4O3S2. The smallest absolute Gasteiger partial charge is 0.277 e. The molecule has 0 bridgehead atoms. The number of carbonyl (C=O) groups is 1. The normalized spacial score (nSPS) is 12.3. The van der Waals surface area contributed by atoms with Crippen LogP contribution in [-0.2, 0) is 4.79 Å². The number of aromatic nitrogens is 3. The van der Waals surface area contributed by atoms with Crippen molar-refractivity contribution >= 4 is 34.8 Å². The Labute approximate surface area is 134 Å². The van der Waals surface area contributed by atoms with Crippen LogP contribution in [0.1, 0.15) is 12.7 Å². The van der Waals surface area contributed by atoms with Crippen LogP contribution in [0.15, 0.2) is 37.7 Å². The average Bonchev–Trinajstić information content (AvgIpc) is 3.20. The molecule has 0 aliphatic carbocycles. The fourth-order valence-corrected chi connectivity index (χ4v) is 2.94. The van der Waals surface area contributed by atoms with Crippen LogP contribution in [0.2, 0.25) is 0 Å². The lowest BCUT2D eigenvalue weighted by Crippen LogP contribution is -2.22. The van der Waals surface area contributed by atoms with E-state index in [2.05, 4.69) is 20.7 Å². The molecule has 0 radical (unpaired) electrons. The van der Waals surface area contributed by atoms with E-state index in [-0.39, 0.29) is 5.91 Å². The molecule has 3 aromatic heterocycles. The van der Waals surface area contributed by atoms with Gasteiger partial charge in [0.2, 0.25) is 5.91 Å². The molecule has 3 heterocycles. The molecule has 0 spiro atoms. The van der Waals surface area contributed by atoms with Crippen molar-refractivity contribution in [2.24, 2.45) is 0 Å². The van der Waals surface area contributed by atoms with Crippen molar-refractivity contribution in [2.75, 3.05) is 5.32 Å². The van der Waals surface area contributed by atoms with E-state index in [9.17, 15) is 4.79 Å². The van der Waals surface area contributed by atoms with E-state index in [1.54, 1.807) is 19.9 Å². The minimum atomic E-state index is -0.409. The molecule has 3 rings (SSSR count). The molecule has 114 valence electrons. The summed E-state index contributed by atoms with van der Waals surface area (Å²) in [5, 5.41) is 16.2. The Hall–Kier alpha value is -2.13. The van der Waals surface area contributed by atoms with Gasteiger partial charge in [-0.1, -0.05) is 23.0 Å². The molecule has 0 aromatic carbocycles. The predicted octanol–water partition coefficient (Wildman–Crippen LogP) is 3.21. The first-order valence-electron chi connectivity index (χ1n) is 6.40. The number of hydrogen-bond donors (Lipinski definition) is 1. The number of aryl methyl sites for hydroxylation is 1. The summed E-state index contributed by atoms with van der Waals surface area (Å²) in [6, 6.07) is 5.46. The highest BCUT2D eigenvalue weighted by Crippen LogP contribution is 2.28. The molecule has 0 aliphatic heterocycles. The number of thiophene rings is 1. The molecule has 3 aromatic rings. The molecule has 9 heteroatoms. The predicted molar refractivity (Wildman–Crippen MR) is 82.8 cm³/mol. The van der Waals surface area contributed by atoms with E-state index >= 15 is 0 Å². The zero-order chi connectivity index (χ0) is 15.5. The van der Waals surface area contributed by atoms with Crippen molar-refractivity contribution in [1.29, 1.82) is 0 Å². The monoisotopic (exact) mass is 336 g/mol. The molecule has 7 nitrogen and oxygen atoms in total. The number of nitrogens with zero attached hydrogens (tertiary/aromatic N) is 3. The van der Waals surface area contributed by atoms with E-state index < -0.39 is 5.25 Å². The Morgan fingerprint density at radius 1 is 1.45 bits per heavy atom. The van der Waals surface area contributed by atoms with Gasteiger partial charge < -0.3 is 14.3 Å². The second kappa shape index (κ2) is 6.32. The van der Waals surface area contributed by atoms with Crippen LogP contribution in [0.4, 0.5) is 5.82 Å². The third-order valence-corrected chi connectivity index (χ3v) is 4.46. The highest BCUT2D eigenvalue weighted by atomic mass is 32.2. The summed E-state index contributed by atoms with van der Waals surface area (Å²) in [4.78, 5) is 13.0. The second-order valence-electron chi connectivity index (χ2n) is 4.42. The number of rotatable bonds is 5. The molecule has 1 N–H and O–H groups in total. The highest BCUT2D eigenvalue weighted by molar-refractivity contribution is 8.00. The van der Waals surface area contributed by atoms with Crippen LogP contribution in [0.5, 0.6) is 0 Å². The van der Waals surface area contributed by atoms with Crippen LogP contribution in [0.3, 0.4) is 0 Å². The van der Waals surface area contributed by atoms with E-state index in [4.69, 9.17) is 8.94 Å². The molecule has 1 atom stereocenters. The number of hydrogen-bond acceptors (Lipinski definition) is 8. The van der Waals surface area contributed by atoms with Gasteiger partial charge in [0.05, 0.1) is 10.1 Å². The van der Waals surface area contributed by atoms with Crippen LogP contribution in [-0.4, -0.2) is 26.5 Å². The molecule has 22 heavy (non-hydrogen) atoms. The van der Waals surface area contributed by atoms with Crippen molar-refractivity contribution in [1.82, 2.24) is 15.4 Å². The minimum Gasteiger partial charge on any atom is -0.410 e. The summed E-state index contributed by atoms with van der Waals surface area (Å²) in [5.41, 5.74) is 0. The van der Waals surface area contributed by atoms with Crippen molar-refractivity contribution in [3.8, 4) is 10.8 Å². The maximum absolute atomic E-state index is 12.1. The molecule has 0 saturated heterocycles. The summed E-state index contributed by atoms with van der Waals surface area (Å²) in [6.07, 6.45) is 0. The van der Waals surface area contributed by atoms with Crippen molar-refractivity contribution in [3.63, 3.8) is 0 Å². The maximum Gasteiger partial charge on any atom is 0.277 e. The van der Waals surface area contributed by atoms with Gasteiger partial charge >= 0.3 is 0 Å². The van der Waals surface area contributed by atoms with Crippen LogP contribution < -0.4 is 5.32 Å². The first-order valence-corrected chi connectivity index (χ1v) is 8.16. The van der Waals surface area contributed by atoms with E-state index in [1.165, 1.54) is 23.1 Å². The molecule has 0 aliphatic rings. The first kappa shape index (κ1) is 14.8. The summed E-state index contributed by atoms with van der Waals surface area (Å²) < 4.78 is 10.4. The van der Waals surface area contributed by atoms with Crippen LogP contribution in [0, 0.1) is 6.92 Å². The average molecular weight is 336 g/mol. The van der Waals surface area contributed by atoms with E-state index in [1.807, 2.05) is 17.5 Å². The first-order chi connectivity index (χ1) is 10.6. The zero-order valence-corrected chi connectivity index (χ0v) is 13.4. The molecular weight excluding hydrogens is 324 g/mol. The van der Waals surface area contributed by atoms with Crippen molar-refractivity contribution < 1.29 is 13.7 Å². The van der Waals surface area contributed by atoms with E-state index in [0.29, 0.717) is 22.7 Å². The second-order valence-corrected chi connectivity index (χ2v) is 6.66. The molecule has 0 saturated carbocycles. The topological polar surface area (TPSA) is 94.1 Å². The Kier molecular flexibility index (Phi) is 4.25. The fourth-order valence-electron chi connectivity index (χ4n) is 1.62. The van der Waals surface area contributed by atoms with Gasteiger partial charge in [0.15, 0.2) is 5.82 Å². The maximum atomic E-state index is 12.1. The standard InChI is InChI=1S/C13H12N4O3S2/c1-7-6-10(17-20-7)14-11(18)8(2)22-13-16-15-12(19-13)9-4-3-5-21-9/h3-6,8H,1-2H3,(H,14,17,18). The van der Waals surface area contributed by atoms with Gasteiger partial charge in [-0.2, -0.15) is 0 Å². The quantitative estimate of drug-likeness (QED) is 0.715. The van der Waals surface area contributed by atoms with Crippen LogP contribution >= 0.6 is 23.1 Å². The summed E-state index contributed by atoms with van der Waals surface area (Å²) >= 11 is 2.70. The lowest BCUT2D eigenvalue weighted by atomic mass is 10.4. The molecule has 0 fully saturated rings. The van der Waals surface area contributed by atoms with E-state index in [0.717, 1.165) is 4.88 Å². The van der Waals surface area contributed by atoms with Gasteiger partial charge in [-0.05, 0) is 25.3 Å². The lowest BCUT2D eigenvalue weighted by molar-refractivity contribution is -0.115. The van der Waals surface area contributed by atoms with Gasteiger partial charge in [-0.15, -0.1) is 21.5 Å². The number of anilines is 1. The Bertz CT molecular complexity index is 766. The Balaban J connectivity index is 1.61. The zero-order valence-electron chi connectivity index (χ0n) is 11.8. The summed E-state index contributed by atoms with van der Waals surface area (Å²) in [5.74, 6) is 1.26. The number of amides is 1. The summed E-state index contributed by atoms with van der Waals surface area (Å²) in [6.45, 7) is 3.51. The SMILES string of the molecule is Cc1cc(NC(=O)C(C)Sc2nnc(-c3cccs3)o2)no1. The summed E-state index contributed by atoms with van der Waals surface area (Å²) in [7, 11) is 0. The van der Waals surface area contributed by atoms with Gasteiger partial charge in [-0.3, -0.25) is 4.79 Å². The van der Waals surface area contributed by atoms with Gasteiger partial charge in [0.25, 0.3) is 11.1 Å². The molecule has 1 amide bonds. The van der Waals surface area contributed by atoms with Crippen LogP contribution in [0.25, 0.3) is 10.8 Å². The number of thioether (sulfide) groups is 1. The van der Waals surface area contributed by atoms with Crippen molar-refractivity contribution in [2.45, 2.75) is 24.3 Å². The minimum absolute atomic E-state index is 0.214. The number of carbonyl (C=O) groups excluding carboxylic acids is 1. The largest absolute Gasteiger partial charge is 0.410 e. The molecule has 1 unspecified atom stereocenters. The lowest BCUT2D eigenvalue weighted by Gasteiger charge is -2.06. The Morgan fingerprint density at radius 3 is 3.00 bits per heavy atom. The van der Waals surface area contributed by atoms with Crippen molar-refractivity contribution in [3.05, 3.63) is 29.3 Å². The highest BCUT2D eigenvalue weighted by Gasteiger charge is 2.20. The fraction of sp³-hybridized carbons (Fsp3) is 0.231.